The summed E-state index contributed by atoms with van der Waals surface area (Å²) in [5.41, 5.74) is 0.364. The van der Waals surface area contributed by atoms with Gasteiger partial charge in [-0.05, 0) is 49.8 Å². The summed E-state index contributed by atoms with van der Waals surface area (Å²) >= 11 is 0. The Morgan fingerprint density at radius 1 is 1.17 bits per heavy atom. The number of anilines is 1. The number of nitrogens with zero attached hydrogens (tertiary/aromatic N) is 1. The van der Waals surface area contributed by atoms with Gasteiger partial charge in [0.2, 0.25) is 15.9 Å². The number of fused-ring (bicyclic) bond motifs is 1. The molecule has 30 heavy (non-hydrogen) atoms. The largest absolute Gasteiger partial charge is 0.482 e. The van der Waals surface area contributed by atoms with Crippen LogP contribution in [0.5, 0.6) is 5.75 Å². The second-order valence-corrected chi connectivity index (χ2v) is 10.5. The summed E-state index contributed by atoms with van der Waals surface area (Å²) < 4.78 is 32.8. The zero-order chi connectivity index (χ0) is 21.3. The van der Waals surface area contributed by atoms with Gasteiger partial charge in [-0.3, -0.25) is 9.59 Å². The van der Waals surface area contributed by atoms with Gasteiger partial charge in [-0.1, -0.05) is 19.8 Å². The van der Waals surface area contributed by atoms with E-state index in [0.29, 0.717) is 43.3 Å². The average Bonchev–Trinajstić information content (AvgIpc) is 2.75. The van der Waals surface area contributed by atoms with E-state index in [-0.39, 0.29) is 35.3 Å². The summed E-state index contributed by atoms with van der Waals surface area (Å²) in [6.07, 6.45) is 5.57. The van der Waals surface area contributed by atoms with Gasteiger partial charge in [0.15, 0.2) is 6.61 Å². The van der Waals surface area contributed by atoms with Gasteiger partial charge in [0.1, 0.15) is 5.75 Å². The van der Waals surface area contributed by atoms with E-state index in [1.165, 1.54) is 22.9 Å². The molecule has 2 N–H and O–H groups in total. The second-order valence-electron chi connectivity index (χ2n) is 8.55. The van der Waals surface area contributed by atoms with Crippen molar-refractivity contribution in [1.82, 2.24) is 9.62 Å². The number of piperidine rings is 1. The lowest BCUT2D eigenvalue weighted by molar-refractivity contribution is -0.127. The summed E-state index contributed by atoms with van der Waals surface area (Å²) in [6, 6.07) is 4.73. The minimum absolute atomic E-state index is 0.0550. The van der Waals surface area contributed by atoms with Gasteiger partial charge >= 0.3 is 0 Å². The Kier molecular flexibility index (Phi) is 6.02. The first-order valence-electron chi connectivity index (χ1n) is 10.7. The maximum Gasteiger partial charge on any atom is 0.262 e. The van der Waals surface area contributed by atoms with Gasteiger partial charge in [0.25, 0.3) is 5.91 Å². The lowest BCUT2D eigenvalue weighted by atomic mass is 9.85. The molecule has 1 saturated heterocycles. The zero-order valence-electron chi connectivity index (χ0n) is 17.2. The molecule has 1 aromatic carbocycles. The standard InChI is InChI=1S/C21H29N3O5S/c1-14-4-2-3-5-17(14)23-21(26)15-8-10-24(11-9-15)30(27,28)16-6-7-19-18(12-16)22-20(25)13-29-19/h6-7,12,14-15,17H,2-5,8-11,13H2,1H3,(H,22,25)(H,23,26)/t14-,17+/m1/s1. The van der Waals surface area contributed by atoms with Crippen LogP contribution in [0.4, 0.5) is 5.69 Å². The fourth-order valence-electron chi connectivity index (χ4n) is 4.56. The minimum atomic E-state index is -3.70. The van der Waals surface area contributed by atoms with E-state index in [0.717, 1.165) is 19.3 Å². The lowest BCUT2D eigenvalue weighted by Gasteiger charge is -2.34. The number of carbonyl (C=O) groups is 2. The van der Waals surface area contributed by atoms with Gasteiger partial charge < -0.3 is 15.4 Å². The Labute approximate surface area is 177 Å². The van der Waals surface area contributed by atoms with Gasteiger partial charge in [0, 0.05) is 25.0 Å². The smallest absolute Gasteiger partial charge is 0.262 e. The summed E-state index contributed by atoms with van der Waals surface area (Å²) in [6.45, 7) is 2.72. The predicted octanol–water partition coefficient (Wildman–Crippen LogP) is 2.11. The molecule has 0 bridgehead atoms. The molecule has 4 rings (SSSR count). The van der Waals surface area contributed by atoms with Crippen LogP contribution in [-0.4, -0.2) is 50.3 Å². The van der Waals surface area contributed by atoms with Gasteiger partial charge in [-0.25, -0.2) is 8.42 Å². The average molecular weight is 436 g/mol. The highest BCUT2D eigenvalue weighted by Gasteiger charge is 2.34. The third-order valence-corrected chi connectivity index (χ3v) is 8.38. The fraction of sp³-hybridized carbons (Fsp3) is 0.619. The highest BCUT2D eigenvalue weighted by atomic mass is 32.2. The predicted molar refractivity (Wildman–Crippen MR) is 112 cm³/mol. The van der Waals surface area contributed by atoms with E-state index in [1.54, 1.807) is 6.07 Å². The van der Waals surface area contributed by atoms with E-state index >= 15 is 0 Å². The summed E-state index contributed by atoms with van der Waals surface area (Å²) in [5.74, 6) is 0.551. The number of hydrogen-bond donors (Lipinski definition) is 2. The van der Waals surface area contributed by atoms with Crippen molar-refractivity contribution in [3.05, 3.63) is 18.2 Å². The summed E-state index contributed by atoms with van der Waals surface area (Å²) in [7, 11) is -3.70. The van der Waals surface area contributed by atoms with Crippen LogP contribution in [0.1, 0.15) is 45.4 Å². The third kappa shape index (κ3) is 4.32. The van der Waals surface area contributed by atoms with Crippen LogP contribution in [0, 0.1) is 11.8 Å². The molecule has 9 heteroatoms. The molecule has 0 radical (unpaired) electrons. The number of rotatable bonds is 4. The van der Waals surface area contributed by atoms with E-state index < -0.39 is 10.0 Å². The highest BCUT2D eigenvalue weighted by Crippen LogP contribution is 2.32. The molecule has 1 saturated carbocycles. The maximum absolute atomic E-state index is 13.1. The molecule has 1 aromatic rings. The quantitative estimate of drug-likeness (QED) is 0.754. The molecule has 3 aliphatic rings. The van der Waals surface area contributed by atoms with Crippen LogP contribution in [0.15, 0.2) is 23.1 Å². The minimum Gasteiger partial charge on any atom is -0.482 e. The first kappa shape index (κ1) is 21.1. The summed E-state index contributed by atoms with van der Waals surface area (Å²) in [4.78, 5) is 24.3. The molecule has 2 heterocycles. The molecule has 0 unspecified atom stereocenters. The molecule has 0 spiro atoms. The molecular formula is C21H29N3O5S. The van der Waals surface area contributed by atoms with Crippen LogP contribution in [-0.2, 0) is 19.6 Å². The molecule has 2 atom stereocenters. The van der Waals surface area contributed by atoms with E-state index in [2.05, 4.69) is 17.6 Å². The number of sulfonamides is 1. The van der Waals surface area contributed by atoms with Crippen LogP contribution in [0.25, 0.3) is 0 Å². The number of hydrogen-bond acceptors (Lipinski definition) is 5. The van der Waals surface area contributed by atoms with Gasteiger partial charge in [-0.15, -0.1) is 0 Å². The van der Waals surface area contributed by atoms with Crippen molar-refractivity contribution < 1.29 is 22.7 Å². The van der Waals surface area contributed by atoms with Crippen molar-refractivity contribution in [2.75, 3.05) is 25.0 Å². The van der Waals surface area contributed by atoms with E-state index in [4.69, 9.17) is 4.74 Å². The Morgan fingerprint density at radius 3 is 2.63 bits per heavy atom. The van der Waals surface area contributed by atoms with Crippen LogP contribution in [0.2, 0.25) is 0 Å². The molecule has 1 aliphatic carbocycles. The molecular weight excluding hydrogens is 406 g/mol. The number of carbonyl (C=O) groups excluding carboxylic acids is 2. The third-order valence-electron chi connectivity index (χ3n) is 6.49. The Bertz CT molecular complexity index is 925. The summed E-state index contributed by atoms with van der Waals surface area (Å²) in [5, 5.41) is 5.84. The van der Waals surface area contributed by atoms with Crippen LogP contribution >= 0.6 is 0 Å². The Morgan fingerprint density at radius 2 is 1.90 bits per heavy atom. The molecule has 8 nitrogen and oxygen atoms in total. The molecule has 164 valence electrons. The fourth-order valence-corrected chi connectivity index (χ4v) is 6.06. The number of nitrogens with one attached hydrogen (secondary N) is 2. The second kappa shape index (κ2) is 8.55. The van der Waals surface area contributed by atoms with Gasteiger partial charge in [0.05, 0.1) is 10.6 Å². The first-order valence-corrected chi connectivity index (χ1v) is 12.2. The van der Waals surface area contributed by atoms with E-state index in [9.17, 15) is 18.0 Å². The number of benzene rings is 1. The maximum atomic E-state index is 13.1. The molecule has 2 amide bonds. The lowest BCUT2D eigenvalue weighted by Crippen LogP contribution is -2.47. The highest BCUT2D eigenvalue weighted by molar-refractivity contribution is 7.89. The number of ether oxygens (including phenoxy) is 1. The normalized spacial score (nSPS) is 25.7. The van der Waals surface area contributed by atoms with Crippen molar-refractivity contribution in [1.29, 1.82) is 0 Å². The number of amides is 2. The van der Waals surface area contributed by atoms with Crippen molar-refractivity contribution in [3.8, 4) is 5.75 Å². The molecule has 2 aliphatic heterocycles. The Balaban J connectivity index is 1.38. The van der Waals surface area contributed by atoms with Gasteiger partial charge in [-0.2, -0.15) is 4.31 Å². The topological polar surface area (TPSA) is 105 Å². The Hall–Kier alpha value is -2.13. The van der Waals surface area contributed by atoms with Crippen molar-refractivity contribution in [3.63, 3.8) is 0 Å². The first-order chi connectivity index (χ1) is 14.3. The monoisotopic (exact) mass is 435 g/mol. The van der Waals surface area contributed by atoms with Crippen LogP contribution < -0.4 is 15.4 Å². The molecule has 2 fully saturated rings. The van der Waals surface area contributed by atoms with Crippen LogP contribution in [0.3, 0.4) is 0 Å². The van der Waals surface area contributed by atoms with Crippen molar-refractivity contribution in [2.24, 2.45) is 11.8 Å². The molecule has 0 aromatic heterocycles. The van der Waals surface area contributed by atoms with E-state index in [1.807, 2.05) is 0 Å². The SMILES string of the molecule is C[C@@H]1CCCC[C@@H]1NC(=O)C1CCN(S(=O)(=O)c2ccc3c(c2)NC(=O)CO3)CC1. The van der Waals surface area contributed by atoms with Crippen molar-refractivity contribution >= 4 is 27.5 Å². The zero-order valence-corrected chi connectivity index (χ0v) is 18.0. The van der Waals surface area contributed by atoms with Crippen molar-refractivity contribution in [2.45, 2.75) is 56.4 Å².